The van der Waals surface area contributed by atoms with Crippen molar-refractivity contribution in [2.45, 2.75) is 12.1 Å². The van der Waals surface area contributed by atoms with Crippen molar-refractivity contribution in [2.75, 3.05) is 4.90 Å². The second-order valence-electron chi connectivity index (χ2n) is 5.21. The van der Waals surface area contributed by atoms with Crippen LogP contribution in [0, 0.1) is 0 Å². The fourth-order valence-electron chi connectivity index (χ4n) is 2.84. The van der Waals surface area contributed by atoms with E-state index in [0.717, 1.165) is 0 Å². The Bertz CT molecular complexity index is 717. The molecule has 2 unspecified atom stereocenters. The van der Waals surface area contributed by atoms with E-state index in [1.54, 1.807) is 0 Å². The summed E-state index contributed by atoms with van der Waals surface area (Å²) in [7, 11) is 0. The number of para-hydroxylation sites is 1. The molecule has 0 bridgehead atoms. The molecule has 3 nitrogen and oxygen atoms in total. The van der Waals surface area contributed by atoms with E-state index >= 15 is 0 Å². The van der Waals surface area contributed by atoms with Crippen LogP contribution in [0.5, 0.6) is 0 Å². The van der Waals surface area contributed by atoms with Crippen LogP contribution in [0.15, 0.2) is 78.1 Å². The smallest absolute Gasteiger partial charge is 0.0944 e. The number of allylic oxidation sites excluding steroid dienone is 2. The molecule has 102 valence electrons. The molecule has 3 heteroatoms. The SMILES string of the molecule is C1=CC2N=CN(c3ccccc3)C2C=C1c1ccncc1. The van der Waals surface area contributed by atoms with Crippen molar-refractivity contribution >= 4 is 17.6 Å². The van der Waals surface area contributed by atoms with Gasteiger partial charge in [0, 0.05) is 18.1 Å². The number of benzene rings is 1. The highest BCUT2D eigenvalue weighted by atomic mass is 15.3. The summed E-state index contributed by atoms with van der Waals surface area (Å²) >= 11 is 0. The van der Waals surface area contributed by atoms with Crippen LogP contribution in [0.3, 0.4) is 0 Å². The minimum atomic E-state index is 0.204. The highest BCUT2D eigenvalue weighted by Crippen LogP contribution is 2.30. The minimum Gasteiger partial charge on any atom is -0.323 e. The third-order valence-corrected chi connectivity index (χ3v) is 3.93. The van der Waals surface area contributed by atoms with Crippen molar-refractivity contribution in [2.24, 2.45) is 4.99 Å². The molecule has 1 aliphatic carbocycles. The average molecular weight is 273 g/mol. The van der Waals surface area contributed by atoms with Crippen molar-refractivity contribution in [3.8, 4) is 0 Å². The van der Waals surface area contributed by atoms with Gasteiger partial charge in [-0.05, 0) is 35.4 Å². The van der Waals surface area contributed by atoms with Gasteiger partial charge in [0.25, 0.3) is 0 Å². The average Bonchev–Trinajstić information content (AvgIpc) is 2.99. The van der Waals surface area contributed by atoms with Gasteiger partial charge in [-0.3, -0.25) is 9.98 Å². The summed E-state index contributed by atoms with van der Waals surface area (Å²) in [5.41, 5.74) is 3.60. The quantitative estimate of drug-likeness (QED) is 0.839. The molecule has 1 aromatic carbocycles. The van der Waals surface area contributed by atoms with E-state index in [2.05, 4.69) is 57.4 Å². The molecule has 0 N–H and O–H groups in total. The summed E-state index contributed by atoms with van der Waals surface area (Å²) in [6, 6.07) is 14.9. The normalized spacial score (nSPS) is 23.0. The number of hydrogen-bond donors (Lipinski definition) is 0. The van der Waals surface area contributed by atoms with Crippen LogP contribution in [-0.2, 0) is 0 Å². The number of pyridine rings is 1. The summed E-state index contributed by atoms with van der Waals surface area (Å²) in [6.07, 6.45) is 12.2. The van der Waals surface area contributed by atoms with E-state index < -0.39 is 0 Å². The summed E-state index contributed by atoms with van der Waals surface area (Å²) in [5, 5.41) is 0. The molecule has 1 aliphatic heterocycles. The predicted octanol–water partition coefficient (Wildman–Crippen LogP) is 3.32. The first-order valence-electron chi connectivity index (χ1n) is 7.09. The van der Waals surface area contributed by atoms with Gasteiger partial charge in [0.15, 0.2) is 0 Å². The lowest BCUT2D eigenvalue weighted by Crippen LogP contribution is -2.35. The molecular formula is C18H15N3. The van der Waals surface area contributed by atoms with Crippen LogP contribution in [-0.4, -0.2) is 23.4 Å². The summed E-state index contributed by atoms with van der Waals surface area (Å²) < 4.78 is 0. The molecule has 2 aliphatic rings. The summed E-state index contributed by atoms with van der Waals surface area (Å²) in [5.74, 6) is 0. The lowest BCUT2D eigenvalue weighted by atomic mass is 9.94. The first-order chi connectivity index (χ1) is 10.4. The van der Waals surface area contributed by atoms with Gasteiger partial charge in [-0.1, -0.05) is 36.4 Å². The van der Waals surface area contributed by atoms with Crippen LogP contribution in [0.4, 0.5) is 5.69 Å². The Morgan fingerprint density at radius 2 is 1.76 bits per heavy atom. The molecule has 2 atom stereocenters. The largest absolute Gasteiger partial charge is 0.323 e. The summed E-state index contributed by atoms with van der Waals surface area (Å²) in [6.45, 7) is 0. The van der Waals surface area contributed by atoms with Crippen LogP contribution in [0.2, 0.25) is 0 Å². The van der Waals surface area contributed by atoms with Crippen LogP contribution in [0.25, 0.3) is 5.57 Å². The van der Waals surface area contributed by atoms with E-state index in [9.17, 15) is 0 Å². The zero-order valence-corrected chi connectivity index (χ0v) is 11.5. The maximum Gasteiger partial charge on any atom is 0.0944 e. The Morgan fingerprint density at radius 1 is 0.952 bits per heavy atom. The van der Waals surface area contributed by atoms with Crippen molar-refractivity contribution in [3.05, 3.63) is 78.6 Å². The number of rotatable bonds is 2. The lowest BCUT2D eigenvalue weighted by Gasteiger charge is -2.27. The molecule has 0 fully saturated rings. The molecule has 0 amide bonds. The summed E-state index contributed by atoms with van der Waals surface area (Å²) in [4.78, 5) is 10.9. The fourth-order valence-corrected chi connectivity index (χ4v) is 2.84. The molecular weight excluding hydrogens is 258 g/mol. The highest BCUT2D eigenvalue weighted by molar-refractivity contribution is 5.87. The van der Waals surface area contributed by atoms with Gasteiger partial charge in [-0.25, -0.2) is 0 Å². The zero-order chi connectivity index (χ0) is 14.1. The molecule has 2 aromatic rings. The second-order valence-corrected chi connectivity index (χ2v) is 5.21. The molecule has 0 spiro atoms. The van der Waals surface area contributed by atoms with Gasteiger partial charge < -0.3 is 4.90 Å². The third kappa shape index (κ3) is 2.17. The Kier molecular flexibility index (Phi) is 2.89. The van der Waals surface area contributed by atoms with E-state index in [0.29, 0.717) is 0 Å². The van der Waals surface area contributed by atoms with Gasteiger partial charge in [0.1, 0.15) is 0 Å². The van der Waals surface area contributed by atoms with Crippen molar-refractivity contribution in [1.29, 1.82) is 0 Å². The number of aromatic nitrogens is 1. The lowest BCUT2D eigenvalue weighted by molar-refractivity contribution is 0.742. The van der Waals surface area contributed by atoms with Crippen molar-refractivity contribution in [1.82, 2.24) is 4.98 Å². The Balaban J connectivity index is 1.69. The third-order valence-electron chi connectivity index (χ3n) is 3.93. The van der Waals surface area contributed by atoms with Gasteiger partial charge >= 0.3 is 0 Å². The molecule has 4 rings (SSSR count). The number of nitrogens with zero attached hydrogens (tertiary/aromatic N) is 3. The van der Waals surface area contributed by atoms with Crippen LogP contribution >= 0.6 is 0 Å². The maximum atomic E-state index is 4.60. The monoisotopic (exact) mass is 273 g/mol. The Morgan fingerprint density at radius 3 is 2.57 bits per heavy atom. The number of aliphatic imine (C=N–C) groups is 1. The molecule has 0 saturated carbocycles. The van der Waals surface area contributed by atoms with E-state index in [-0.39, 0.29) is 12.1 Å². The molecule has 2 heterocycles. The van der Waals surface area contributed by atoms with Crippen LogP contribution in [0.1, 0.15) is 5.56 Å². The van der Waals surface area contributed by atoms with Gasteiger partial charge in [-0.2, -0.15) is 0 Å². The van der Waals surface area contributed by atoms with Crippen molar-refractivity contribution in [3.63, 3.8) is 0 Å². The molecule has 21 heavy (non-hydrogen) atoms. The fraction of sp³-hybridized carbons (Fsp3) is 0.111. The molecule has 0 radical (unpaired) electrons. The first kappa shape index (κ1) is 12.1. The number of hydrogen-bond acceptors (Lipinski definition) is 3. The van der Waals surface area contributed by atoms with Gasteiger partial charge in [0.05, 0.1) is 18.4 Å². The van der Waals surface area contributed by atoms with Gasteiger partial charge in [0.2, 0.25) is 0 Å². The molecule has 0 saturated heterocycles. The van der Waals surface area contributed by atoms with E-state index in [1.807, 2.05) is 36.9 Å². The highest BCUT2D eigenvalue weighted by Gasteiger charge is 2.30. The Labute approximate surface area is 124 Å². The number of fused-ring (bicyclic) bond motifs is 1. The van der Waals surface area contributed by atoms with Crippen molar-refractivity contribution < 1.29 is 0 Å². The van der Waals surface area contributed by atoms with Crippen LogP contribution < -0.4 is 4.90 Å². The number of anilines is 1. The zero-order valence-electron chi connectivity index (χ0n) is 11.5. The predicted molar refractivity (Wildman–Crippen MR) is 86.3 cm³/mol. The van der Waals surface area contributed by atoms with E-state index in [1.165, 1.54) is 16.8 Å². The maximum absolute atomic E-state index is 4.60. The van der Waals surface area contributed by atoms with Gasteiger partial charge in [-0.15, -0.1) is 0 Å². The molecule has 1 aromatic heterocycles. The standard InChI is InChI=1S/C18H15N3/c1-2-4-16(5-3-1)21-13-20-17-7-6-15(12-18(17)21)14-8-10-19-11-9-14/h1-13,17-18H. The Hall–Kier alpha value is -2.68. The van der Waals surface area contributed by atoms with E-state index in [4.69, 9.17) is 0 Å². The minimum absolute atomic E-state index is 0.204. The second kappa shape index (κ2) is 5.02. The first-order valence-corrected chi connectivity index (χ1v) is 7.09. The topological polar surface area (TPSA) is 28.5 Å².